The molecule has 1 saturated heterocycles. The van der Waals surface area contributed by atoms with Crippen molar-refractivity contribution in [1.29, 1.82) is 0 Å². The second-order valence-electron chi connectivity index (χ2n) is 6.44. The Kier molecular flexibility index (Phi) is 4.20. The number of aromatic nitrogens is 2. The second kappa shape index (κ2) is 6.67. The van der Waals surface area contributed by atoms with Gasteiger partial charge in [0, 0.05) is 43.3 Å². The van der Waals surface area contributed by atoms with E-state index in [1.807, 2.05) is 29.2 Å². The van der Waals surface area contributed by atoms with Crippen LogP contribution in [0.1, 0.15) is 33.0 Å². The Morgan fingerprint density at radius 2 is 1.81 bits per heavy atom. The van der Waals surface area contributed by atoms with Crippen LogP contribution in [0.3, 0.4) is 0 Å². The Balaban J connectivity index is 1.49. The predicted molar refractivity (Wildman–Crippen MR) is 96.0 cm³/mol. The molecule has 2 amide bonds. The van der Waals surface area contributed by atoms with E-state index in [0.717, 1.165) is 17.3 Å². The summed E-state index contributed by atoms with van der Waals surface area (Å²) in [5.74, 6) is 0.373. The maximum atomic E-state index is 13.0. The van der Waals surface area contributed by atoms with Gasteiger partial charge in [0.25, 0.3) is 11.8 Å². The molecule has 0 aliphatic carbocycles. The normalized spacial score (nSPS) is 15.3. The lowest BCUT2D eigenvalue weighted by molar-refractivity contribution is 0.0716. The lowest BCUT2D eigenvalue weighted by Gasteiger charge is -2.21. The largest absolute Gasteiger partial charge is 0.448 e. The van der Waals surface area contributed by atoms with Crippen LogP contribution < -0.4 is 0 Å². The molecule has 2 aromatic heterocycles. The van der Waals surface area contributed by atoms with Crippen molar-refractivity contribution in [3.05, 3.63) is 53.9 Å². The highest BCUT2D eigenvalue weighted by Crippen LogP contribution is 2.20. The lowest BCUT2D eigenvalue weighted by atomic mass is 10.1. The Bertz CT molecular complexity index is 959. The average molecular weight is 352 g/mol. The Morgan fingerprint density at radius 1 is 1.08 bits per heavy atom. The first kappa shape index (κ1) is 16.4. The summed E-state index contributed by atoms with van der Waals surface area (Å²) >= 11 is 0. The Labute approximate surface area is 150 Å². The van der Waals surface area contributed by atoms with Gasteiger partial charge >= 0.3 is 0 Å². The summed E-state index contributed by atoms with van der Waals surface area (Å²) < 4.78 is 5.13. The van der Waals surface area contributed by atoms with Crippen LogP contribution in [0, 0.1) is 6.92 Å². The average Bonchev–Trinajstić information content (AvgIpc) is 3.19. The van der Waals surface area contributed by atoms with Crippen LogP contribution >= 0.6 is 0 Å². The highest BCUT2D eigenvalue weighted by atomic mass is 16.3. The quantitative estimate of drug-likeness (QED) is 0.768. The molecule has 1 aromatic carbocycles. The topological polar surface area (TPSA) is 82.4 Å². The third kappa shape index (κ3) is 2.85. The number of nitrogens with one attached hydrogen (secondary N) is 1. The zero-order chi connectivity index (χ0) is 18.1. The predicted octanol–water partition coefficient (Wildman–Crippen LogP) is 2.45. The highest BCUT2D eigenvalue weighted by molar-refractivity contribution is 6.06. The molecule has 3 heterocycles. The number of H-pyrrole nitrogens is 1. The van der Waals surface area contributed by atoms with E-state index in [-0.39, 0.29) is 11.8 Å². The zero-order valence-corrected chi connectivity index (χ0v) is 14.6. The van der Waals surface area contributed by atoms with Gasteiger partial charge in [0.05, 0.1) is 5.56 Å². The van der Waals surface area contributed by atoms with E-state index in [4.69, 9.17) is 4.42 Å². The van der Waals surface area contributed by atoms with Crippen LogP contribution in [0.15, 0.2) is 41.3 Å². The number of nitrogens with zero attached hydrogens (tertiary/aromatic N) is 3. The lowest BCUT2D eigenvalue weighted by Crippen LogP contribution is -2.37. The number of aromatic amines is 1. The molecule has 26 heavy (non-hydrogen) atoms. The van der Waals surface area contributed by atoms with E-state index < -0.39 is 0 Å². The third-order valence-electron chi connectivity index (χ3n) is 4.84. The summed E-state index contributed by atoms with van der Waals surface area (Å²) in [6.45, 7) is 3.94. The molecular weight excluding hydrogens is 332 g/mol. The fourth-order valence-corrected chi connectivity index (χ4v) is 3.40. The summed E-state index contributed by atoms with van der Waals surface area (Å²) in [7, 11) is 0. The molecule has 134 valence electrons. The fraction of sp³-hybridized carbons (Fsp3) is 0.316. The molecule has 0 bridgehead atoms. The summed E-state index contributed by atoms with van der Waals surface area (Å²) in [6.07, 6.45) is 3.78. The zero-order valence-electron chi connectivity index (χ0n) is 14.6. The fourth-order valence-electron chi connectivity index (χ4n) is 3.40. The molecule has 0 unspecified atom stereocenters. The van der Waals surface area contributed by atoms with Crippen LogP contribution in [0.25, 0.3) is 10.9 Å². The minimum atomic E-state index is -0.141. The van der Waals surface area contributed by atoms with Crippen molar-refractivity contribution in [1.82, 2.24) is 19.8 Å². The van der Waals surface area contributed by atoms with Gasteiger partial charge in [0.1, 0.15) is 5.76 Å². The number of oxazole rings is 1. The van der Waals surface area contributed by atoms with E-state index in [2.05, 4.69) is 9.97 Å². The van der Waals surface area contributed by atoms with E-state index in [1.54, 1.807) is 18.0 Å². The summed E-state index contributed by atoms with van der Waals surface area (Å²) in [5.41, 5.74) is 1.97. The molecular formula is C19H20N4O3. The maximum Gasteiger partial charge on any atom is 0.276 e. The van der Waals surface area contributed by atoms with Crippen molar-refractivity contribution in [3.8, 4) is 0 Å². The molecule has 1 aliphatic heterocycles. The summed E-state index contributed by atoms with van der Waals surface area (Å²) in [4.78, 5) is 36.3. The molecule has 0 spiro atoms. The van der Waals surface area contributed by atoms with Gasteiger partial charge in [-0.25, -0.2) is 4.98 Å². The first-order valence-electron chi connectivity index (χ1n) is 8.70. The van der Waals surface area contributed by atoms with Crippen molar-refractivity contribution < 1.29 is 14.0 Å². The first-order valence-corrected chi connectivity index (χ1v) is 8.70. The van der Waals surface area contributed by atoms with E-state index in [0.29, 0.717) is 43.2 Å². The van der Waals surface area contributed by atoms with Crippen LogP contribution in [0.5, 0.6) is 0 Å². The van der Waals surface area contributed by atoms with Gasteiger partial charge < -0.3 is 19.2 Å². The molecule has 4 rings (SSSR count). The second-order valence-corrected chi connectivity index (χ2v) is 6.44. The molecule has 1 N–H and O–H groups in total. The van der Waals surface area contributed by atoms with Crippen molar-refractivity contribution in [2.75, 3.05) is 26.2 Å². The molecule has 7 nitrogen and oxygen atoms in total. The Hall–Kier alpha value is -3.09. The van der Waals surface area contributed by atoms with Gasteiger partial charge in [-0.05, 0) is 19.4 Å². The van der Waals surface area contributed by atoms with Crippen LogP contribution in [-0.2, 0) is 0 Å². The van der Waals surface area contributed by atoms with E-state index in [1.165, 1.54) is 6.39 Å². The number of rotatable bonds is 2. The molecule has 1 aliphatic rings. The molecule has 0 atom stereocenters. The van der Waals surface area contributed by atoms with Gasteiger partial charge in [-0.2, -0.15) is 0 Å². The first-order chi connectivity index (χ1) is 12.6. The van der Waals surface area contributed by atoms with E-state index >= 15 is 0 Å². The van der Waals surface area contributed by atoms with Crippen molar-refractivity contribution in [3.63, 3.8) is 0 Å². The minimum Gasteiger partial charge on any atom is -0.448 e. The van der Waals surface area contributed by atoms with Gasteiger partial charge in [0.15, 0.2) is 12.1 Å². The number of hydrogen-bond donors (Lipinski definition) is 1. The monoisotopic (exact) mass is 352 g/mol. The van der Waals surface area contributed by atoms with E-state index in [9.17, 15) is 9.59 Å². The number of aryl methyl sites for hydroxylation is 1. The summed E-state index contributed by atoms with van der Waals surface area (Å²) in [6, 6.07) is 7.76. The maximum absolute atomic E-state index is 13.0. The molecule has 1 fully saturated rings. The number of para-hydroxylation sites is 1. The van der Waals surface area contributed by atoms with Gasteiger partial charge in [-0.1, -0.05) is 18.2 Å². The van der Waals surface area contributed by atoms with Gasteiger partial charge in [0.2, 0.25) is 0 Å². The molecule has 0 radical (unpaired) electrons. The standard InChI is InChI=1S/C19H20N4O3/c1-13-17(21-12-26-13)19(25)23-8-4-7-22(9-10-23)18(24)15-11-20-16-6-3-2-5-14(15)16/h2-3,5-6,11-12,20H,4,7-10H2,1H3. The number of carbonyl (C=O) groups excluding carboxylic acids is 2. The number of carbonyl (C=O) groups is 2. The summed E-state index contributed by atoms with van der Waals surface area (Å²) in [5, 5.41) is 0.924. The van der Waals surface area contributed by atoms with Gasteiger partial charge in [-0.15, -0.1) is 0 Å². The van der Waals surface area contributed by atoms with Crippen LogP contribution in [-0.4, -0.2) is 57.8 Å². The Morgan fingerprint density at radius 3 is 2.54 bits per heavy atom. The molecule has 3 aromatic rings. The molecule has 7 heteroatoms. The van der Waals surface area contributed by atoms with Crippen molar-refractivity contribution >= 4 is 22.7 Å². The van der Waals surface area contributed by atoms with Crippen molar-refractivity contribution in [2.45, 2.75) is 13.3 Å². The van der Waals surface area contributed by atoms with Crippen molar-refractivity contribution in [2.24, 2.45) is 0 Å². The number of fused-ring (bicyclic) bond motifs is 1. The smallest absolute Gasteiger partial charge is 0.276 e. The SMILES string of the molecule is Cc1ocnc1C(=O)N1CCCN(C(=O)c2c[nH]c3ccccc23)CC1. The number of hydrogen-bond acceptors (Lipinski definition) is 4. The minimum absolute atomic E-state index is 0.00522. The highest BCUT2D eigenvalue weighted by Gasteiger charge is 2.26. The molecule has 0 saturated carbocycles. The third-order valence-corrected chi connectivity index (χ3v) is 4.84. The van der Waals surface area contributed by atoms with Crippen LogP contribution in [0.2, 0.25) is 0 Å². The number of amides is 2. The van der Waals surface area contributed by atoms with Gasteiger partial charge in [-0.3, -0.25) is 9.59 Å². The number of benzene rings is 1. The van der Waals surface area contributed by atoms with Crippen LogP contribution in [0.4, 0.5) is 0 Å².